The van der Waals surface area contributed by atoms with Crippen LogP contribution in [-0.4, -0.2) is 67.2 Å². The fourth-order valence-corrected chi connectivity index (χ4v) is 3.48. The zero-order valence-electron chi connectivity index (χ0n) is 19.6. The summed E-state index contributed by atoms with van der Waals surface area (Å²) in [6, 6.07) is 4.43. The highest BCUT2D eigenvalue weighted by atomic mass is 19.1. The van der Waals surface area contributed by atoms with Gasteiger partial charge in [0.15, 0.2) is 18.3 Å². The number of imide groups is 1. The van der Waals surface area contributed by atoms with Crippen LogP contribution in [0, 0.1) is 11.7 Å². The van der Waals surface area contributed by atoms with Gasteiger partial charge in [0.2, 0.25) is 0 Å². The number of hydrogen-bond acceptors (Lipinski definition) is 8. The monoisotopic (exact) mass is 479 g/mol. The van der Waals surface area contributed by atoms with Crippen LogP contribution >= 0.6 is 0 Å². The lowest BCUT2D eigenvalue weighted by molar-refractivity contribution is -0.147. The zero-order chi connectivity index (χ0) is 24.5. The Balaban J connectivity index is 1.28. The van der Waals surface area contributed by atoms with Gasteiger partial charge in [-0.3, -0.25) is 20.4 Å². The lowest BCUT2D eigenvalue weighted by atomic mass is 10.1. The summed E-state index contributed by atoms with van der Waals surface area (Å²) in [5.41, 5.74) is 12.5. The number of nitrogens with zero attached hydrogens (tertiary/aromatic N) is 2. The molecule has 1 aromatic carbocycles. The zero-order valence-corrected chi connectivity index (χ0v) is 19.6. The van der Waals surface area contributed by atoms with Crippen molar-refractivity contribution in [3.05, 3.63) is 29.6 Å². The molecular formula is C23H34FN5O5. The molecule has 188 valence electrons. The van der Waals surface area contributed by atoms with Crippen molar-refractivity contribution in [2.45, 2.75) is 45.1 Å². The summed E-state index contributed by atoms with van der Waals surface area (Å²) in [5.74, 6) is -0.552. The summed E-state index contributed by atoms with van der Waals surface area (Å²) < 4.78 is 24.3. The van der Waals surface area contributed by atoms with Crippen molar-refractivity contribution in [2.75, 3.05) is 39.5 Å². The minimum absolute atomic E-state index is 0.0135. The number of esters is 1. The molecule has 3 rings (SSSR count). The van der Waals surface area contributed by atoms with Crippen molar-refractivity contribution in [1.82, 2.24) is 20.7 Å². The SMILES string of the molecule is CC(NNCCCCCN1CC(=O)N(COC(=O)CN)C1=O)c1ccc(F)c(OCC2CC2)c1. The molecule has 0 aromatic heterocycles. The molecule has 1 aliphatic carbocycles. The molecule has 10 nitrogen and oxygen atoms in total. The van der Waals surface area contributed by atoms with Crippen molar-refractivity contribution in [2.24, 2.45) is 11.7 Å². The van der Waals surface area contributed by atoms with Crippen LogP contribution in [-0.2, 0) is 14.3 Å². The normalized spacial score (nSPS) is 16.8. The first-order valence-electron chi connectivity index (χ1n) is 11.7. The third-order valence-electron chi connectivity index (χ3n) is 5.83. The van der Waals surface area contributed by atoms with Gasteiger partial charge in [-0.15, -0.1) is 0 Å². The van der Waals surface area contributed by atoms with E-state index in [-0.39, 0.29) is 24.9 Å². The molecule has 1 atom stereocenters. The number of benzene rings is 1. The van der Waals surface area contributed by atoms with Crippen molar-refractivity contribution in [3.8, 4) is 5.75 Å². The second kappa shape index (κ2) is 12.6. The lowest BCUT2D eigenvalue weighted by Crippen LogP contribution is -2.36. The quantitative estimate of drug-likeness (QED) is 0.150. The number of urea groups is 1. The molecule has 1 saturated heterocycles. The molecule has 1 aromatic rings. The minimum Gasteiger partial charge on any atom is -0.490 e. The molecular weight excluding hydrogens is 445 g/mol. The molecule has 3 amide bonds. The Kier molecular flexibility index (Phi) is 9.61. The van der Waals surface area contributed by atoms with Gasteiger partial charge < -0.3 is 20.1 Å². The van der Waals surface area contributed by atoms with Crippen molar-refractivity contribution < 1.29 is 28.2 Å². The maximum absolute atomic E-state index is 14.0. The van der Waals surface area contributed by atoms with Crippen LogP contribution < -0.4 is 21.3 Å². The fourth-order valence-electron chi connectivity index (χ4n) is 3.48. The van der Waals surface area contributed by atoms with Crippen LogP contribution in [0.25, 0.3) is 0 Å². The van der Waals surface area contributed by atoms with E-state index < -0.39 is 24.6 Å². The smallest absolute Gasteiger partial charge is 0.330 e. The number of hydrazine groups is 1. The highest BCUT2D eigenvalue weighted by molar-refractivity contribution is 6.01. The molecule has 1 heterocycles. The van der Waals surface area contributed by atoms with Gasteiger partial charge in [-0.05, 0) is 56.2 Å². The third-order valence-corrected chi connectivity index (χ3v) is 5.83. The molecule has 1 saturated carbocycles. The number of nitrogens with one attached hydrogen (secondary N) is 2. The summed E-state index contributed by atoms with van der Waals surface area (Å²) in [6.45, 7) is 3.00. The number of halogens is 1. The predicted molar refractivity (Wildman–Crippen MR) is 122 cm³/mol. The van der Waals surface area contributed by atoms with Crippen LogP contribution in [0.1, 0.15) is 50.6 Å². The maximum atomic E-state index is 14.0. The van der Waals surface area contributed by atoms with E-state index in [0.29, 0.717) is 31.4 Å². The first-order chi connectivity index (χ1) is 16.4. The molecule has 2 fully saturated rings. The molecule has 11 heteroatoms. The number of amides is 3. The molecule has 2 aliphatic rings. The van der Waals surface area contributed by atoms with Gasteiger partial charge in [0.05, 0.1) is 13.2 Å². The Morgan fingerprint density at radius 3 is 2.79 bits per heavy atom. The van der Waals surface area contributed by atoms with Crippen molar-refractivity contribution in [3.63, 3.8) is 0 Å². The highest BCUT2D eigenvalue weighted by Gasteiger charge is 2.36. The van der Waals surface area contributed by atoms with Gasteiger partial charge in [0, 0.05) is 19.1 Å². The molecule has 34 heavy (non-hydrogen) atoms. The van der Waals surface area contributed by atoms with E-state index >= 15 is 0 Å². The van der Waals surface area contributed by atoms with E-state index in [1.807, 2.05) is 6.92 Å². The Morgan fingerprint density at radius 2 is 2.06 bits per heavy atom. The van der Waals surface area contributed by atoms with E-state index in [9.17, 15) is 18.8 Å². The Labute approximate surface area is 198 Å². The number of rotatable bonds is 15. The largest absolute Gasteiger partial charge is 0.490 e. The van der Waals surface area contributed by atoms with Gasteiger partial charge in [0.1, 0.15) is 6.54 Å². The van der Waals surface area contributed by atoms with E-state index in [1.165, 1.54) is 11.0 Å². The number of carbonyl (C=O) groups excluding carboxylic acids is 3. The number of ether oxygens (including phenoxy) is 2. The lowest BCUT2D eigenvalue weighted by Gasteiger charge is -2.18. The van der Waals surface area contributed by atoms with Gasteiger partial charge in [-0.1, -0.05) is 12.5 Å². The van der Waals surface area contributed by atoms with Crippen LogP contribution in [0.15, 0.2) is 18.2 Å². The summed E-state index contributed by atoms with van der Waals surface area (Å²) in [5, 5.41) is 0. The minimum atomic E-state index is -0.670. The van der Waals surface area contributed by atoms with Gasteiger partial charge in [0.25, 0.3) is 5.91 Å². The van der Waals surface area contributed by atoms with E-state index in [0.717, 1.165) is 42.6 Å². The number of hydrogen-bond donors (Lipinski definition) is 3. The van der Waals surface area contributed by atoms with Crippen molar-refractivity contribution in [1.29, 1.82) is 0 Å². The second-order valence-corrected chi connectivity index (χ2v) is 8.67. The summed E-state index contributed by atoms with van der Waals surface area (Å²) in [7, 11) is 0. The topological polar surface area (TPSA) is 126 Å². The van der Waals surface area contributed by atoms with Crippen LogP contribution in [0.5, 0.6) is 5.75 Å². The fraction of sp³-hybridized carbons (Fsp3) is 0.609. The van der Waals surface area contributed by atoms with Crippen LogP contribution in [0.2, 0.25) is 0 Å². The van der Waals surface area contributed by atoms with Crippen molar-refractivity contribution >= 4 is 17.9 Å². The highest BCUT2D eigenvalue weighted by Crippen LogP contribution is 2.31. The maximum Gasteiger partial charge on any atom is 0.330 e. The van der Waals surface area contributed by atoms with Crippen LogP contribution in [0.3, 0.4) is 0 Å². The first kappa shape index (κ1) is 25.9. The van der Waals surface area contributed by atoms with Crippen LogP contribution in [0.4, 0.5) is 9.18 Å². The molecule has 0 bridgehead atoms. The average Bonchev–Trinajstić information content (AvgIpc) is 3.61. The number of carbonyl (C=O) groups is 3. The predicted octanol–water partition coefficient (Wildman–Crippen LogP) is 1.66. The van der Waals surface area contributed by atoms with E-state index in [2.05, 4.69) is 10.9 Å². The Morgan fingerprint density at radius 1 is 1.26 bits per heavy atom. The molecule has 1 aliphatic heterocycles. The number of nitrogens with two attached hydrogens (primary N) is 1. The average molecular weight is 480 g/mol. The van der Waals surface area contributed by atoms with Gasteiger partial charge in [-0.2, -0.15) is 0 Å². The first-order valence-corrected chi connectivity index (χ1v) is 11.7. The van der Waals surface area contributed by atoms with E-state index in [1.54, 1.807) is 12.1 Å². The third kappa shape index (κ3) is 7.64. The van der Waals surface area contributed by atoms with Gasteiger partial charge in [-0.25, -0.2) is 14.1 Å². The summed E-state index contributed by atoms with van der Waals surface area (Å²) >= 11 is 0. The second-order valence-electron chi connectivity index (χ2n) is 8.67. The molecule has 4 N–H and O–H groups in total. The summed E-state index contributed by atoms with van der Waals surface area (Å²) in [4.78, 5) is 37.7. The Hall–Kier alpha value is -2.76. The molecule has 1 unspecified atom stereocenters. The molecule has 0 spiro atoms. The number of unbranched alkanes of at least 4 members (excludes halogenated alkanes) is 2. The van der Waals surface area contributed by atoms with E-state index in [4.69, 9.17) is 15.2 Å². The van der Waals surface area contributed by atoms with Gasteiger partial charge >= 0.3 is 12.0 Å². The Bertz CT molecular complexity index is 866. The standard InChI is InChI=1S/C23H34FN5O5/c1-16(18-7-8-19(24)20(11-18)33-14-17-5-6-17)27-26-9-3-2-4-10-28-13-21(30)29(23(28)32)15-34-22(31)12-25/h7-8,11,16-17,26-27H,2-6,9-10,12-15,25H2,1H3. The summed E-state index contributed by atoms with van der Waals surface area (Å²) in [6.07, 6.45) is 4.78. The molecule has 0 radical (unpaired) electrons.